The van der Waals surface area contributed by atoms with E-state index in [1.165, 1.54) is 13.4 Å². The number of aliphatic hydroxyl groups is 2. The fourth-order valence-electron chi connectivity index (χ4n) is 3.13. The molecule has 1 fully saturated rings. The second kappa shape index (κ2) is 8.12. The third-order valence-electron chi connectivity index (χ3n) is 4.55. The fourth-order valence-corrected chi connectivity index (χ4v) is 3.13. The zero-order valence-corrected chi connectivity index (χ0v) is 15.0. The Balaban J connectivity index is 1.90. The number of nitrogens with two attached hydrogens (primary N) is 1. The summed E-state index contributed by atoms with van der Waals surface area (Å²) in [4.78, 5) is 13.0. The molecule has 2 aromatic heterocycles. The molecule has 10 heteroatoms. The molecule has 3 heterocycles. The zero-order chi connectivity index (χ0) is 18.7. The second-order valence-corrected chi connectivity index (χ2v) is 6.33. The molecule has 0 aliphatic carbocycles. The van der Waals surface area contributed by atoms with Crippen molar-refractivity contribution in [2.75, 3.05) is 31.3 Å². The van der Waals surface area contributed by atoms with Crippen LogP contribution >= 0.6 is 0 Å². The van der Waals surface area contributed by atoms with E-state index in [2.05, 4.69) is 27.2 Å². The lowest BCUT2D eigenvalue weighted by Gasteiger charge is -2.20. The Morgan fingerprint density at radius 3 is 2.88 bits per heavy atom. The van der Waals surface area contributed by atoms with E-state index in [0.717, 1.165) is 25.8 Å². The zero-order valence-electron chi connectivity index (χ0n) is 15.0. The molecule has 1 aliphatic heterocycles. The summed E-state index contributed by atoms with van der Waals surface area (Å²) in [6.07, 6.45) is 1.74. The first-order chi connectivity index (χ1) is 12.6. The van der Waals surface area contributed by atoms with Crippen molar-refractivity contribution < 1.29 is 19.7 Å². The van der Waals surface area contributed by atoms with Gasteiger partial charge in [-0.3, -0.25) is 4.57 Å². The SMILES string of the molecule is CCCCCNc1nc(N)c2ncn([C@@H]3O[C@H](CO)[C@@H](O)[C@H]3OC)c2n1. The maximum atomic E-state index is 10.3. The standard InChI is InChI=1S/C16H26N6O4/c1-3-4-5-6-18-16-20-13(17)10-14(21-16)22(8-19-10)15-12(25-2)11(24)9(7-23)26-15/h8-9,11-12,15,23-24H,3-7H2,1-2H3,(H3,17,18,20,21)/t9-,11-,12-,15-/m1/s1. The van der Waals surface area contributed by atoms with E-state index in [4.69, 9.17) is 15.2 Å². The average molecular weight is 366 g/mol. The Hall–Kier alpha value is -2.01. The Kier molecular flexibility index (Phi) is 5.87. The third kappa shape index (κ3) is 3.45. The molecule has 1 saturated heterocycles. The molecule has 0 radical (unpaired) electrons. The van der Waals surface area contributed by atoms with Gasteiger partial charge in [0, 0.05) is 13.7 Å². The molecule has 3 rings (SSSR count). The van der Waals surface area contributed by atoms with E-state index in [9.17, 15) is 10.2 Å². The van der Waals surface area contributed by atoms with Gasteiger partial charge in [-0.25, -0.2) is 4.98 Å². The first-order valence-corrected chi connectivity index (χ1v) is 8.81. The van der Waals surface area contributed by atoms with Gasteiger partial charge < -0.3 is 30.7 Å². The van der Waals surface area contributed by atoms with Crippen LogP contribution in [0.4, 0.5) is 11.8 Å². The molecule has 144 valence electrons. The quantitative estimate of drug-likeness (QED) is 0.485. The molecular formula is C16H26N6O4. The number of nitrogen functional groups attached to an aromatic ring is 1. The van der Waals surface area contributed by atoms with Crippen LogP contribution in [0.2, 0.25) is 0 Å². The molecule has 0 aromatic carbocycles. The normalized spacial score (nSPS) is 25.8. The minimum atomic E-state index is -0.960. The summed E-state index contributed by atoms with van der Waals surface area (Å²) in [7, 11) is 1.48. The van der Waals surface area contributed by atoms with Crippen LogP contribution in [-0.2, 0) is 9.47 Å². The Morgan fingerprint density at radius 1 is 1.38 bits per heavy atom. The van der Waals surface area contributed by atoms with Crippen LogP contribution in [0, 0.1) is 0 Å². The van der Waals surface area contributed by atoms with Gasteiger partial charge in [0.25, 0.3) is 0 Å². The summed E-state index contributed by atoms with van der Waals surface area (Å²) < 4.78 is 12.8. The van der Waals surface area contributed by atoms with E-state index in [0.29, 0.717) is 17.1 Å². The van der Waals surface area contributed by atoms with Crippen LogP contribution in [0.3, 0.4) is 0 Å². The molecule has 0 saturated carbocycles. The molecular weight excluding hydrogens is 340 g/mol. The number of hydrogen-bond acceptors (Lipinski definition) is 9. The van der Waals surface area contributed by atoms with Crippen molar-refractivity contribution in [2.45, 2.75) is 50.7 Å². The maximum Gasteiger partial charge on any atom is 0.226 e. The van der Waals surface area contributed by atoms with Crippen LogP contribution in [0.15, 0.2) is 6.33 Å². The summed E-state index contributed by atoms with van der Waals surface area (Å²) in [5, 5.41) is 22.8. The Labute approximate surface area is 151 Å². The number of imidazole rings is 1. The molecule has 5 N–H and O–H groups in total. The molecule has 2 aromatic rings. The van der Waals surface area contributed by atoms with E-state index < -0.39 is 24.5 Å². The lowest BCUT2D eigenvalue weighted by molar-refractivity contribution is -0.0583. The van der Waals surface area contributed by atoms with Crippen molar-refractivity contribution in [2.24, 2.45) is 0 Å². The topological polar surface area (TPSA) is 141 Å². The van der Waals surface area contributed by atoms with Gasteiger partial charge in [0.15, 0.2) is 17.7 Å². The highest BCUT2D eigenvalue weighted by molar-refractivity contribution is 5.83. The summed E-state index contributed by atoms with van der Waals surface area (Å²) in [6, 6.07) is 0. The highest BCUT2D eigenvalue weighted by Gasteiger charge is 2.45. The second-order valence-electron chi connectivity index (χ2n) is 6.33. The van der Waals surface area contributed by atoms with Crippen molar-refractivity contribution in [1.29, 1.82) is 0 Å². The first kappa shape index (κ1) is 18.8. The number of rotatable bonds is 8. The average Bonchev–Trinajstić information content (AvgIpc) is 3.19. The number of nitrogens with one attached hydrogen (secondary N) is 1. The molecule has 1 aliphatic rings. The summed E-state index contributed by atoms with van der Waals surface area (Å²) in [6.45, 7) is 2.57. The van der Waals surface area contributed by atoms with Gasteiger partial charge in [-0.15, -0.1) is 0 Å². The predicted molar refractivity (Wildman–Crippen MR) is 95.5 cm³/mol. The molecule has 0 amide bonds. The molecule has 26 heavy (non-hydrogen) atoms. The monoisotopic (exact) mass is 366 g/mol. The highest BCUT2D eigenvalue weighted by atomic mass is 16.6. The summed E-state index contributed by atoms with van der Waals surface area (Å²) in [5.74, 6) is 0.678. The van der Waals surface area contributed by atoms with Gasteiger partial charge in [0.2, 0.25) is 5.95 Å². The smallest absolute Gasteiger partial charge is 0.226 e. The van der Waals surface area contributed by atoms with E-state index in [-0.39, 0.29) is 12.4 Å². The number of unbranched alkanes of at least 4 members (excludes halogenated alkanes) is 2. The van der Waals surface area contributed by atoms with Crippen LogP contribution in [0.25, 0.3) is 11.2 Å². The highest BCUT2D eigenvalue weighted by Crippen LogP contribution is 2.33. The van der Waals surface area contributed by atoms with Gasteiger partial charge in [-0.05, 0) is 6.42 Å². The van der Waals surface area contributed by atoms with E-state index in [1.807, 2.05) is 0 Å². The lowest BCUT2D eigenvalue weighted by Crippen LogP contribution is -2.34. The number of hydrogen-bond donors (Lipinski definition) is 4. The number of fused-ring (bicyclic) bond motifs is 1. The number of aliphatic hydroxyl groups excluding tert-OH is 2. The Morgan fingerprint density at radius 2 is 2.19 bits per heavy atom. The van der Waals surface area contributed by atoms with Gasteiger partial charge in [-0.2, -0.15) is 9.97 Å². The van der Waals surface area contributed by atoms with Gasteiger partial charge >= 0.3 is 0 Å². The third-order valence-corrected chi connectivity index (χ3v) is 4.55. The lowest BCUT2D eigenvalue weighted by atomic mass is 10.1. The van der Waals surface area contributed by atoms with Gasteiger partial charge in [-0.1, -0.05) is 19.8 Å². The fraction of sp³-hybridized carbons (Fsp3) is 0.688. The molecule has 10 nitrogen and oxygen atoms in total. The number of methoxy groups -OCH3 is 1. The van der Waals surface area contributed by atoms with Crippen molar-refractivity contribution in [3.8, 4) is 0 Å². The van der Waals surface area contributed by atoms with Gasteiger partial charge in [0.05, 0.1) is 12.9 Å². The van der Waals surface area contributed by atoms with E-state index >= 15 is 0 Å². The summed E-state index contributed by atoms with van der Waals surface area (Å²) >= 11 is 0. The van der Waals surface area contributed by atoms with Crippen LogP contribution in [-0.4, -0.2) is 68.3 Å². The minimum absolute atomic E-state index is 0.262. The van der Waals surface area contributed by atoms with Crippen LogP contribution in [0.1, 0.15) is 32.4 Å². The maximum absolute atomic E-state index is 10.3. The molecule has 4 atom stereocenters. The number of ether oxygens (including phenoxy) is 2. The molecule has 0 bridgehead atoms. The largest absolute Gasteiger partial charge is 0.394 e. The van der Waals surface area contributed by atoms with Crippen molar-refractivity contribution in [3.05, 3.63) is 6.33 Å². The first-order valence-electron chi connectivity index (χ1n) is 8.81. The molecule has 0 unspecified atom stereocenters. The number of nitrogens with zero attached hydrogens (tertiary/aromatic N) is 4. The van der Waals surface area contributed by atoms with E-state index in [1.54, 1.807) is 4.57 Å². The van der Waals surface area contributed by atoms with Crippen molar-refractivity contribution in [3.63, 3.8) is 0 Å². The van der Waals surface area contributed by atoms with Crippen molar-refractivity contribution in [1.82, 2.24) is 19.5 Å². The molecule has 0 spiro atoms. The van der Waals surface area contributed by atoms with Crippen LogP contribution in [0.5, 0.6) is 0 Å². The number of anilines is 2. The predicted octanol–water partition coefficient (Wildman–Crippen LogP) is 0.276. The van der Waals surface area contributed by atoms with Gasteiger partial charge in [0.1, 0.15) is 23.8 Å². The number of aromatic nitrogens is 4. The summed E-state index contributed by atoms with van der Waals surface area (Å²) in [5.41, 5.74) is 6.95. The Bertz CT molecular complexity index is 739. The van der Waals surface area contributed by atoms with Crippen LogP contribution < -0.4 is 11.1 Å². The van der Waals surface area contributed by atoms with Crippen molar-refractivity contribution >= 4 is 22.9 Å². The minimum Gasteiger partial charge on any atom is -0.394 e.